The summed E-state index contributed by atoms with van der Waals surface area (Å²) in [5, 5.41) is 2.96. The highest BCUT2D eigenvalue weighted by Crippen LogP contribution is 2.40. The van der Waals surface area contributed by atoms with Crippen molar-refractivity contribution in [3.05, 3.63) is 0 Å². The lowest BCUT2D eigenvalue weighted by molar-refractivity contribution is -0.131. The second-order valence-corrected chi connectivity index (χ2v) is 6.05. The molecule has 1 aliphatic carbocycles. The van der Waals surface area contributed by atoms with Crippen molar-refractivity contribution in [2.75, 3.05) is 0 Å². The number of hydrogen-bond acceptors (Lipinski definition) is 1. The summed E-state index contributed by atoms with van der Waals surface area (Å²) in [5.41, 5.74) is -0.433. The van der Waals surface area contributed by atoms with Crippen molar-refractivity contribution in [3.8, 4) is 12.3 Å². The van der Waals surface area contributed by atoms with Gasteiger partial charge in [0.2, 0.25) is 5.91 Å². The van der Waals surface area contributed by atoms with E-state index in [1.807, 2.05) is 13.8 Å². The highest BCUT2D eigenvalue weighted by molar-refractivity contribution is 5.80. The molecular formula is C14H23NO. The summed E-state index contributed by atoms with van der Waals surface area (Å²) in [6.45, 7) is 8.08. The van der Waals surface area contributed by atoms with Crippen LogP contribution in [0, 0.1) is 23.7 Å². The van der Waals surface area contributed by atoms with Crippen LogP contribution in [0.15, 0.2) is 0 Å². The lowest BCUT2D eigenvalue weighted by atomic mass is 9.68. The molecule has 16 heavy (non-hydrogen) atoms. The second-order valence-electron chi connectivity index (χ2n) is 6.05. The fraction of sp³-hybridized carbons (Fsp3) is 0.786. The Bertz CT molecular complexity index is 309. The standard InChI is InChI=1S/C14H23NO/c1-6-14(4,5)15-12(16)11-9-7-8-10-13(11,2)3/h1,11H,7-10H2,2-5H3,(H,15,16). The monoisotopic (exact) mass is 221 g/mol. The van der Waals surface area contributed by atoms with E-state index in [0.29, 0.717) is 0 Å². The van der Waals surface area contributed by atoms with Crippen LogP contribution in [0.1, 0.15) is 53.4 Å². The highest BCUT2D eigenvalue weighted by atomic mass is 16.2. The van der Waals surface area contributed by atoms with Gasteiger partial charge in [-0.25, -0.2) is 0 Å². The van der Waals surface area contributed by atoms with Crippen molar-refractivity contribution in [1.82, 2.24) is 5.32 Å². The maximum Gasteiger partial charge on any atom is 0.224 e. The van der Waals surface area contributed by atoms with Gasteiger partial charge in [-0.05, 0) is 32.1 Å². The van der Waals surface area contributed by atoms with Gasteiger partial charge in [0.15, 0.2) is 0 Å². The Balaban J connectivity index is 2.70. The van der Waals surface area contributed by atoms with Gasteiger partial charge in [0.05, 0.1) is 5.54 Å². The minimum absolute atomic E-state index is 0.104. The normalized spacial score (nSPS) is 24.6. The summed E-state index contributed by atoms with van der Waals surface area (Å²) in [7, 11) is 0. The zero-order valence-electron chi connectivity index (χ0n) is 10.9. The molecule has 2 nitrogen and oxygen atoms in total. The predicted octanol–water partition coefficient (Wildman–Crippen LogP) is 2.73. The molecular weight excluding hydrogens is 198 g/mol. The molecule has 0 aromatic carbocycles. The number of amides is 1. The zero-order chi connectivity index (χ0) is 12.4. The molecule has 1 rings (SSSR count). The van der Waals surface area contributed by atoms with Crippen LogP contribution < -0.4 is 5.32 Å². The number of terminal acetylenes is 1. The molecule has 0 aliphatic heterocycles. The zero-order valence-corrected chi connectivity index (χ0v) is 10.9. The van der Waals surface area contributed by atoms with Crippen LogP contribution in [-0.2, 0) is 4.79 Å². The molecule has 1 fully saturated rings. The largest absolute Gasteiger partial charge is 0.340 e. The summed E-state index contributed by atoms with van der Waals surface area (Å²) in [5.74, 6) is 2.83. The molecule has 1 aliphatic rings. The molecule has 0 bridgehead atoms. The number of carbonyl (C=O) groups excluding carboxylic acids is 1. The average Bonchev–Trinajstić information content (AvgIpc) is 2.16. The van der Waals surface area contributed by atoms with Crippen LogP contribution in [-0.4, -0.2) is 11.4 Å². The first-order valence-electron chi connectivity index (χ1n) is 6.08. The van der Waals surface area contributed by atoms with Crippen LogP contribution >= 0.6 is 0 Å². The van der Waals surface area contributed by atoms with Gasteiger partial charge >= 0.3 is 0 Å². The van der Waals surface area contributed by atoms with Crippen LogP contribution in [0.25, 0.3) is 0 Å². The predicted molar refractivity (Wildman–Crippen MR) is 66.8 cm³/mol. The Morgan fingerprint density at radius 2 is 2.06 bits per heavy atom. The topological polar surface area (TPSA) is 29.1 Å². The van der Waals surface area contributed by atoms with Crippen molar-refractivity contribution in [1.29, 1.82) is 0 Å². The maximum absolute atomic E-state index is 12.2. The Morgan fingerprint density at radius 3 is 2.56 bits per heavy atom. The molecule has 1 amide bonds. The molecule has 0 aromatic heterocycles. The van der Waals surface area contributed by atoms with E-state index in [-0.39, 0.29) is 17.2 Å². The van der Waals surface area contributed by atoms with Crippen LogP contribution in [0.5, 0.6) is 0 Å². The molecule has 2 heteroatoms. The molecule has 0 spiro atoms. The fourth-order valence-corrected chi connectivity index (χ4v) is 2.41. The summed E-state index contributed by atoms with van der Waals surface area (Å²) in [4.78, 5) is 12.2. The number of hydrogen-bond donors (Lipinski definition) is 1. The first-order valence-corrected chi connectivity index (χ1v) is 6.08. The van der Waals surface area contributed by atoms with Crippen molar-refractivity contribution in [3.63, 3.8) is 0 Å². The SMILES string of the molecule is C#CC(C)(C)NC(=O)C1CCCCC1(C)C. The van der Waals surface area contributed by atoms with E-state index in [4.69, 9.17) is 6.42 Å². The highest BCUT2D eigenvalue weighted by Gasteiger charge is 2.38. The molecule has 1 atom stereocenters. The summed E-state index contributed by atoms with van der Waals surface area (Å²) in [6.07, 6.45) is 9.88. The van der Waals surface area contributed by atoms with Crippen LogP contribution in [0.3, 0.4) is 0 Å². The van der Waals surface area contributed by atoms with Gasteiger partial charge in [0.1, 0.15) is 0 Å². The maximum atomic E-state index is 12.2. The fourth-order valence-electron chi connectivity index (χ4n) is 2.41. The molecule has 0 aromatic rings. The molecule has 1 unspecified atom stereocenters. The Labute approximate surface area is 99.2 Å². The summed E-state index contributed by atoms with van der Waals surface area (Å²) >= 11 is 0. The molecule has 90 valence electrons. The number of rotatable bonds is 2. The van der Waals surface area contributed by atoms with Crippen molar-refractivity contribution in [2.45, 2.75) is 58.9 Å². The molecule has 0 heterocycles. The van der Waals surface area contributed by atoms with E-state index in [1.165, 1.54) is 6.42 Å². The molecule has 1 N–H and O–H groups in total. The van der Waals surface area contributed by atoms with Crippen LogP contribution in [0.2, 0.25) is 0 Å². The quantitative estimate of drug-likeness (QED) is 0.714. The lowest BCUT2D eigenvalue weighted by Gasteiger charge is -2.38. The van der Waals surface area contributed by atoms with E-state index in [1.54, 1.807) is 0 Å². The summed E-state index contributed by atoms with van der Waals surface area (Å²) in [6, 6.07) is 0. The molecule has 0 radical (unpaired) electrons. The first-order chi connectivity index (χ1) is 7.28. The van der Waals surface area contributed by atoms with Gasteiger partial charge in [0, 0.05) is 5.92 Å². The van der Waals surface area contributed by atoms with Gasteiger partial charge in [-0.15, -0.1) is 6.42 Å². The van der Waals surface area contributed by atoms with Gasteiger partial charge in [-0.1, -0.05) is 32.6 Å². The minimum Gasteiger partial charge on any atom is -0.340 e. The Morgan fingerprint density at radius 1 is 1.44 bits per heavy atom. The van der Waals surface area contributed by atoms with Gasteiger partial charge in [-0.2, -0.15) is 0 Å². The van der Waals surface area contributed by atoms with E-state index < -0.39 is 5.54 Å². The Kier molecular flexibility index (Phi) is 3.68. The smallest absolute Gasteiger partial charge is 0.224 e. The summed E-state index contributed by atoms with van der Waals surface area (Å²) < 4.78 is 0. The van der Waals surface area contributed by atoms with E-state index in [2.05, 4.69) is 25.1 Å². The average molecular weight is 221 g/mol. The van der Waals surface area contributed by atoms with Crippen molar-refractivity contribution in [2.24, 2.45) is 11.3 Å². The van der Waals surface area contributed by atoms with Gasteiger partial charge in [0.25, 0.3) is 0 Å². The van der Waals surface area contributed by atoms with Gasteiger partial charge < -0.3 is 5.32 Å². The first kappa shape index (κ1) is 13.1. The van der Waals surface area contributed by atoms with Crippen LogP contribution in [0.4, 0.5) is 0 Å². The number of nitrogens with one attached hydrogen (secondary N) is 1. The van der Waals surface area contributed by atoms with Crippen molar-refractivity contribution < 1.29 is 4.79 Å². The van der Waals surface area contributed by atoms with Gasteiger partial charge in [-0.3, -0.25) is 4.79 Å². The molecule has 0 saturated heterocycles. The van der Waals surface area contributed by atoms with E-state index in [0.717, 1.165) is 19.3 Å². The van der Waals surface area contributed by atoms with E-state index >= 15 is 0 Å². The molecule has 1 saturated carbocycles. The third-order valence-corrected chi connectivity index (χ3v) is 3.62. The third-order valence-electron chi connectivity index (χ3n) is 3.62. The third kappa shape index (κ3) is 3.01. The lowest BCUT2D eigenvalue weighted by Crippen LogP contribution is -2.49. The number of carbonyl (C=O) groups is 1. The second kappa shape index (κ2) is 4.49. The Hall–Kier alpha value is -0.970. The van der Waals surface area contributed by atoms with E-state index in [9.17, 15) is 4.79 Å². The van der Waals surface area contributed by atoms with Crippen molar-refractivity contribution >= 4 is 5.91 Å². The minimum atomic E-state index is -0.537.